The van der Waals surface area contributed by atoms with E-state index >= 15 is 0 Å². The first-order valence-electron chi connectivity index (χ1n) is 4.37. The average Bonchev–Trinajstić information content (AvgIpc) is 2.19. The Kier molecular flexibility index (Phi) is 3.28. The van der Waals surface area contributed by atoms with E-state index in [9.17, 15) is 0 Å². The highest BCUT2D eigenvalue weighted by Crippen LogP contribution is 2.14. The van der Waals surface area contributed by atoms with E-state index in [1.54, 1.807) is 0 Å². The number of allylic oxidation sites excluding steroid dienone is 2. The number of hydrogen-bond donors (Lipinski definition) is 0. The molecule has 0 amide bonds. The Labute approximate surface area is 79.3 Å². The van der Waals surface area contributed by atoms with E-state index in [4.69, 9.17) is 5.26 Å². The summed E-state index contributed by atoms with van der Waals surface area (Å²) in [5, 5.41) is 8.64. The first kappa shape index (κ1) is 9.54. The zero-order valence-electron chi connectivity index (χ0n) is 7.99. The second kappa shape index (κ2) is 4.47. The minimum atomic E-state index is -0.0137. The van der Waals surface area contributed by atoms with Gasteiger partial charge in [-0.25, -0.2) is 0 Å². The summed E-state index contributed by atoms with van der Waals surface area (Å²) in [5.74, 6) is -0.0137. The SMILES string of the molecule is C/C(=C/[C@@H](C)C#N)c1ccccc1. The topological polar surface area (TPSA) is 23.8 Å². The van der Waals surface area contributed by atoms with Gasteiger partial charge in [0.1, 0.15) is 0 Å². The molecule has 0 spiro atoms. The fraction of sp³-hybridized carbons (Fsp3) is 0.250. The van der Waals surface area contributed by atoms with Crippen molar-refractivity contribution in [2.24, 2.45) is 5.92 Å². The zero-order chi connectivity index (χ0) is 9.68. The summed E-state index contributed by atoms with van der Waals surface area (Å²) in [6.07, 6.45) is 1.98. The van der Waals surface area contributed by atoms with Crippen LogP contribution in [0, 0.1) is 17.2 Å². The van der Waals surface area contributed by atoms with Gasteiger partial charge in [-0.1, -0.05) is 36.4 Å². The van der Waals surface area contributed by atoms with Crippen molar-refractivity contribution in [3.8, 4) is 6.07 Å². The van der Waals surface area contributed by atoms with Crippen LogP contribution in [0.25, 0.3) is 5.57 Å². The van der Waals surface area contributed by atoms with E-state index in [2.05, 4.69) is 18.2 Å². The molecule has 0 radical (unpaired) electrons. The Hall–Kier alpha value is -1.55. The largest absolute Gasteiger partial charge is 0.198 e. The highest BCUT2D eigenvalue weighted by Gasteiger charge is 1.97. The minimum Gasteiger partial charge on any atom is -0.198 e. The molecular weight excluding hydrogens is 158 g/mol. The predicted octanol–water partition coefficient (Wildman–Crippen LogP) is 3.25. The van der Waals surface area contributed by atoms with Crippen LogP contribution in [0.3, 0.4) is 0 Å². The Morgan fingerprint density at radius 2 is 2.00 bits per heavy atom. The zero-order valence-corrected chi connectivity index (χ0v) is 7.99. The molecule has 0 aromatic heterocycles. The molecule has 0 aliphatic heterocycles. The predicted molar refractivity (Wildman–Crippen MR) is 54.9 cm³/mol. The monoisotopic (exact) mass is 171 g/mol. The molecule has 0 N–H and O–H groups in total. The van der Waals surface area contributed by atoms with Gasteiger partial charge in [0.2, 0.25) is 0 Å². The lowest BCUT2D eigenvalue weighted by Crippen LogP contribution is -1.85. The molecule has 66 valence electrons. The second-order valence-corrected chi connectivity index (χ2v) is 3.13. The van der Waals surface area contributed by atoms with Crippen molar-refractivity contribution in [2.45, 2.75) is 13.8 Å². The Bertz CT molecular complexity index is 330. The Morgan fingerprint density at radius 3 is 2.54 bits per heavy atom. The molecule has 0 saturated heterocycles. The van der Waals surface area contributed by atoms with E-state index in [0.29, 0.717) is 0 Å². The maximum absolute atomic E-state index is 8.64. The summed E-state index contributed by atoms with van der Waals surface area (Å²) in [5.41, 5.74) is 2.35. The summed E-state index contributed by atoms with van der Waals surface area (Å²) >= 11 is 0. The van der Waals surface area contributed by atoms with Crippen molar-refractivity contribution < 1.29 is 0 Å². The van der Waals surface area contributed by atoms with Crippen molar-refractivity contribution in [3.63, 3.8) is 0 Å². The lowest BCUT2D eigenvalue weighted by atomic mass is 10.0. The van der Waals surface area contributed by atoms with Crippen LogP contribution in [0.1, 0.15) is 19.4 Å². The molecule has 0 heterocycles. The molecular formula is C12H13N. The lowest BCUT2D eigenvalue weighted by Gasteiger charge is -2.01. The van der Waals surface area contributed by atoms with E-state index in [0.717, 1.165) is 5.57 Å². The first-order valence-corrected chi connectivity index (χ1v) is 4.37. The van der Waals surface area contributed by atoms with Gasteiger partial charge in [0.05, 0.1) is 12.0 Å². The molecule has 0 unspecified atom stereocenters. The third-order valence-corrected chi connectivity index (χ3v) is 1.93. The number of hydrogen-bond acceptors (Lipinski definition) is 1. The summed E-state index contributed by atoms with van der Waals surface area (Å²) in [4.78, 5) is 0. The maximum atomic E-state index is 8.64. The maximum Gasteiger partial charge on any atom is 0.0694 e. The molecule has 1 aromatic carbocycles. The van der Waals surface area contributed by atoms with Crippen LogP contribution in [-0.4, -0.2) is 0 Å². The first-order chi connectivity index (χ1) is 6.24. The van der Waals surface area contributed by atoms with Gasteiger partial charge in [0, 0.05) is 0 Å². The van der Waals surface area contributed by atoms with Crippen LogP contribution in [0.4, 0.5) is 0 Å². The Morgan fingerprint density at radius 1 is 1.38 bits per heavy atom. The molecule has 13 heavy (non-hydrogen) atoms. The van der Waals surface area contributed by atoms with Crippen LogP contribution in [-0.2, 0) is 0 Å². The average molecular weight is 171 g/mol. The van der Waals surface area contributed by atoms with Gasteiger partial charge in [-0.2, -0.15) is 5.26 Å². The number of benzene rings is 1. The highest BCUT2D eigenvalue weighted by molar-refractivity contribution is 5.63. The van der Waals surface area contributed by atoms with E-state index in [1.165, 1.54) is 5.56 Å². The van der Waals surface area contributed by atoms with E-state index in [-0.39, 0.29) is 5.92 Å². The third-order valence-electron chi connectivity index (χ3n) is 1.93. The summed E-state index contributed by atoms with van der Waals surface area (Å²) < 4.78 is 0. The highest BCUT2D eigenvalue weighted by atomic mass is 14.2. The van der Waals surface area contributed by atoms with Crippen LogP contribution in [0.2, 0.25) is 0 Å². The molecule has 0 bridgehead atoms. The molecule has 1 rings (SSSR count). The van der Waals surface area contributed by atoms with Gasteiger partial charge in [-0.05, 0) is 25.0 Å². The summed E-state index contributed by atoms with van der Waals surface area (Å²) in [7, 11) is 0. The molecule has 0 fully saturated rings. The van der Waals surface area contributed by atoms with Gasteiger partial charge < -0.3 is 0 Å². The Balaban J connectivity index is 2.86. The normalized spacial score (nSPS) is 13.5. The molecule has 1 aromatic rings. The third kappa shape index (κ3) is 2.76. The van der Waals surface area contributed by atoms with Crippen LogP contribution < -0.4 is 0 Å². The molecule has 1 atom stereocenters. The van der Waals surface area contributed by atoms with Gasteiger partial charge in [0.25, 0.3) is 0 Å². The summed E-state index contributed by atoms with van der Waals surface area (Å²) in [6.45, 7) is 3.93. The number of nitrogens with zero attached hydrogens (tertiary/aromatic N) is 1. The molecule has 0 aliphatic carbocycles. The van der Waals surface area contributed by atoms with Gasteiger partial charge >= 0.3 is 0 Å². The minimum absolute atomic E-state index is 0.0137. The van der Waals surface area contributed by atoms with Crippen molar-refractivity contribution in [3.05, 3.63) is 42.0 Å². The summed E-state index contributed by atoms with van der Waals surface area (Å²) in [6, 6.07) is 12.3. The lowest BCUT2D eigenvalue weighted by molar-refractivity contribution is 0.957. The number of rotatable bonds is 2. The standard InChI is InChI=1S/C12H13N/c1-10(9-13)8-11(2)12-6-4-3-5-7-12/h3-8,10H,1-2H3/b11-8-/t10-/m1/s1. The smallest absolute Gasteiger partial charge is 0.0694 e. The number of nitriles is 1. The van der Waals surface area contributed by atoms with Crippen molar-refractivity contribution in [1.29, 1.82) is 5.26 Å². The fourth-order valence-electron chi connectivity index (χ4n) is 1.21. The van der Waals surface area contributed by atoms with Crippen molar-refractivity contribution in [2.75, 3.05) is 0 Å². The quantitative estimate of drug-likeness (QED) is 0.670. The van der Waals surface area contributed by atoms with Crippen molar-refractivity contribution >= 4 is 5.57 Å². The van der Waals surface area contributed by atoms with Crippen LogP contribution in [0.5, 0.6) is 0 Å². The van der Waals surface area contributed by atoms with Gasteiger partial charge in [0.15, 0.2) is 0 Å². The second-order valence-electron chi connectivity index (χ2n) is 3.13. The molecule has 0 aliphatic rings. The fourth-order valence-corrected chi connectivity index (χ4v) is 1.21. The van der Waals surface area contributed by atoms with E-state index in [1.807, 2.05) is 38.1 Å². The molecule has 0 saturated carbocycles. The van der Waals surface area contributed by atoms with Gasteiger partial charge in [-0.15, -0.1) is 0 Å². The van der Waals surface area contributed by atoms with E-state index < -0.39 is 0 Å². The molecule has 1 heteroatoms. The van der Waals surface area contributed by atoms with Crippen LogP contribution >= 0.6 is 0 Å². The molecule has 1 nitrogen and oxygen atoms in total. The van der Waals surface area contributed by atoms with Gasteiger partial charge in [-0.3, -0.25) is 0 Å². The van der Waals surface area contributed by atoms with Crippen LogP contribution in [0.15, 0.2) is 36.4 Å². The van der Waals surface area contributed by atoms with Crippen molar-refractivity contribution in [1.82, 2.24) is 0 Å².